The number of aliphatic hydroxyl groups is 1. The Morgan fingerprint density at radius 3 is 2.67 bits per heavy atom. The number of aliphatic carboxylic acids is 1. The minimum Gasteiger partial charge on any atom is -0.479 e. The van der Waals surface area contributed by atoms with Crippen molar-refractivity contribution in [1.82, 2.24) is 0 Å². The van der Waals surface area contributed by atoms with Crippen LogP contribution in [0.15, 0.2) is 0 Å². The highest BCUT2D eigenvalue weighted by molar-refractivity contribution is 8.01. The quantitative estimate of drug-likeness (QED) is 0.410. The molecule has 0 radical (unpaired) electrons. The summed E-state index contributed by atoms with van der Waals surface area (Å²) in [4.78, 5) is 9.91. The van der Waals surface area contributed by atoms with E-state index in [-0.39, 0.29) is 0 Å². The van der Waals surface area contributed by atoms with E-state index in [1.807, 2.05) is 0 Å². The highest BCUT2D eigenvalue weighted by Gasteiger charge is 2.11. The van der Waals surface area contributed by atoms with Gasteiger partial charge in [-0.1, -0.05) is 0 Å². The Bertz CT molecular complexity index is 95.8. The van der Waals surface area contributed by atoms with Crippen LogP contribution in [0.1, 0.15) is 0 Å². The van der Waals surface area contributed by atoms with E-state index >= 15 is 0 Å². The second-order valence-electron chi connectivity index (χ2n) is 1.28. The molecule has 0 saturated heterocycles. The largest absolute Gasteiger partial charge is 0.479 e. The van der Waals surface area contributed by atoms with Crippen LogP contribution in [0.3, 0.4) is 0 Å². The third kappa shape index (κ3) is 4.62. The van der Waals surface area contributed by atoms with Crippen molar-refractivity contribution in [2.75, 3.05) is 11.5 Å². The predicted molar refractivity (Wildman–Crippen MR) is 40.0 cm³/mol. The van der Waals surface area contributed by atoms with Gasteiger partial charge in [0.1, 0.15) is 0 Å². The number of rotatable bonds is 4. The monoisotopic (exact) mass is 168 g/mol. The zero-order valence-electron chi connectivity index (χ0n) is 4.65. The Morgan fingerprint density at radius 2 is 2.33 bits per heavy atom. The van der Waals surface area contributed by atoms with Gasteiger partial charge in [0.25, 0.3) is 0 Å². The van der Waals surface area contributed by atoms with Gasteiger partial charge in [0.05, 0.1) is 0 Å². The lowest BCUT2D eigenvalue weighted by Crippen LogP contribution is -2.15. The smallest absolute Gasteiger partial charge is 0.343 e. The fourth-order valence-electron chi connectivity index (χ4n) is 0.236. The standard InChI is InChI=1S/C4H8O3S2/c5-3(6)4(7)9-2-1-8/h4,7-8H,1-2H2,(H,5,6). The molecule has 0 aromatic heterocycles. The van der Waals surface area contributed by atoms with Crippen LogP contribution in [0.2, 0.25) is 0 Å². The van der Waals surface area contributed by atoms with Gasteiger partial charge in [0.2, 0.25) is 0 Å². The minimum atomic E-state index is -1.29. The van der Waals surface area contributed by atoms with E-state index in [2.05, 4.69) is 12.6 Å². The topological polar surface area (TPSA) is 57.5 Å². The number of carbonyl (C=O) groups is 1. The summed E-state index contributed by atoms with van der Waals surface area (Å²) in [5, 5.41) is 16.7. The maximum Gasteiger partial charge on any atom is 0.343 e. The van der Waals surface area contributed by atoms with E-state index in [4.69, 9.17) is 10.2 Å². The Labute approximate surface area is 62.9 Å². The summed E-state index contributed by atoms with van der Waals surface area (Å²) < 4.78 is 0. The molecular formula is C4H8O3S2. The lowest BCUT2D eigenvalue weighted by molar-refractivity contribution is -0.141. The first-order valence-electron chi connectivity index (χ1n) is 2.32. The Kier molecular flexibility index (Phi) is 5.03. The molecule has 0 spiro atoms. The van der Waals surface area contributed by atoms with Crippen molar-refractivity contribution in [1.29, 1.82) is 0 Å². The first-order valence-corrected chi connectivity index (χ1v) is 4.00. The van der Waals surface area contributed by atoms with Gasteiger partial charge in [0, 0.05) is 5.75 Å². The molecule has 5 heteroatoms. The molecule has 0 aliphatic heterocycles. The normalized spacial score (nSPS) is 13.1. The average molecular weight is 168 g/mol. The fraction of sp³-hybridized carbons (Fsp3) is 0.750. The van der Waals surface area contributed by atoms with Crippen molar-refractivity contribution in [3.63, 3.8) is 0 Å². The van der Waals surface area contributed by atoms with Gasteiger partial charge in [-0.25, -0.2) is 4.79 Å². The van der Waals surface area contributed by atoms with Crippen molar-refractivity contribution in [2.24, 2.45) is 0 Å². The van der Waals surface area contributed by atoms with Crippen LogP contribution < -0.4 is 0 Å². The molecule has 0 fully saturated rings. The molecule has 0 aromatic rings. The van der Waals surface area contributed by atoms with Gasteiger partial charge in [-0.2, -0.15) is 12.6 Å². The SMILES string of the molecule is O=C(O)C(O)SCCS. The molecule has 0 aromatic carbocycles. The summed E-state index contributed by atoms with van der Waals surface area (Å²) >= 11 is 4.80. The van der Waals surface area contributed by atoms with Gasteiger partial charge in [-0.3, -0.25) is 0 Å². The molecule has 1 atom stereocenters. The first-order chi connectivity index (χ1) is 4.18. The lowest BCUT2D eigenvalue weighted by Gasteiger charge is -2.01. The Balaban J connectivity index is 3.27. The number of thioether (sulfide) groups is 1. The van der Waals surface area contributed by atoms with Crippen LogP contribution in [0.4, 0.5) is 0 Å². The summed E-state index contributed by atoms with van der Waals surface area (Å²) in [6, 6.07) is 0. The molecule has 0 heterocycles. The molecule has 0 amide bonds. The van der Waals surface area contributed by atoms with E-state index in [1.54, 1.807) is 0 Å². The van der Waals surface area contributed by atoms with Crippen molar-refractivity contribution in [2.45, 2.75) is 5.44 Å². The number of hydrogen-bond acceptors (Lipinski definition) is 4. The van der Waals surface area contributed by atoms with E-state index in [1.165, 1.54) is 0 Å². The number of aliphatic hydroxyl groups excluding tert-OH is 1. The van der Waals surface area contributed by atoms with E-state index < -0.39 is 11.4 Å². The third-order valence-corrected chi connectivity index (χ3v) is 2.06. The molecule has 3 nitrogen and oxygen atoms in total. The Morgan fingerprint density at radius 1 is 1.78 bits per heavy atom. The van der Waals surface area contributed by atoms with Crippen LogP contribution in [0.5, 0.6) is 0 Å². The minimum absolute atomic E-state index is 0.552. The molecular weight excluding hydrogens is 160 g/mol. The zero-order chi connectivity index (χ0) is 7.28. The summed E-state index contributed by atoms with van der Waals surface area (Å²) in [5.74, 6) is -0.0623. The highest BCUT2D eigenvalue weighted by Crippen LogP contribution is 2.07. The summed E-state index contributed by atoms with van der Waals surface area (Å²) in [6.45, 7) is 0. The van der Waals surface area contributed by atoms with Crippen molar-refractivity contribution >= 4 is 30.4 Å². The average Bonchev–Trinajstić information content (AvgIpc) is 1.82. The van der Waals surface area contributed by atoms with Crippen LogP contribution in [-0.2, 0) is 4.79 Å². The number of carboxylic acids is 1. The fourth-order valence-corrected chi connectivity index (χ4v) is 1.02. The van der Waals surface area contributed by atoms with E-state index in [0.717, 1.165) is 11.8 Å². The summed E-state index contributed by atoms with van der Waals surface area (Å²) in [5.41, 5.74) is -1.29. The highest BCUT2D eigenvalue weighted by atomic mass is 32.2. The molecule has 0 aliphatic rings. The van der Waals surface area contributed by atoms with Crippen LogP contribution in [-0.4, -0.2) is 33.1 Å². The molecule has 54 valence electrons. The van der Waals surface area contributed by atoms with Crippen molar-refractivity contribution < 1.29 is 15.0 Å². The van der Waals surface area contributed by atoms with Crippen LogP contribution >= 0.6 is 24.4 Å². The molecule has 9 heavy (non-hydrogen) atoms. The molecule has 0 rings (SSSR count). The molecule has 0 saturated carbocycles. The van der Waals surface area contributed by atoms with E-state index in [0.29, 0.717) is 11.5 Å². The summed E-state index contributed by atoms with van der Waals surface area (Å²) in [6.07, 6.45) is 0. The number of carboxylic acid groups (broad SMARTS) is 1. The molecule has 2 N–H and O–H groups in total. The van der Waals surface area contributed by atoms with Crippen molar-refractivity contribution in [3.05, 3.63) is 0 Å². The predicted octanol–water partition coefficient (Wildman–Crippen LogP) is 0.0524. The van der Waals surface area contributed by atoms with Gasteiger partial charge in [0.15, 0.2) is 5.44 Å². The molecule has 1 unspecified atom stereocenters. The number of hydrogen-bond donors (Lipinski definition) is 3. The lowest BCUT2D eigenvalue weighted by atomic mass is 10.7. The van der Waals surface area contributed by atoms with Gasteiger partial charge in [-0.05, 0) is 5.75 Å². The molecule has 0 bridgehead atoms. The second kappa shape index (κ2) is 4.96. The molecule has 0 aliphatic carbocycles. The third-order valence-electron chi connectivity index (χ3n) is 0.578. The maximum absolute atomic E-state index is 9.91. The van der Waals surface area contributed by atoms with Gasteiger partial charge >= 0.3 is 5.97 Å². The Hall–Kier alpha value is 0.130. The van der Waals surface area contributed by atoms with Crippen LogP contribution in [0, 0.1) is 0 Å². The second-order valence-corrected chi connectivity index (χ2v) is 2.92. The first kappa shape index (κ1) is 9.13. The van der Waals surface area contributed by atoms with Gasteiger partial charge in [-0.15, -0.1) is 11.8 Å². The van der Waals surface area contributed by atoms with Crippen molar-refractivity contribution in [3.8, 4) is 0 Å². The van der Waals surface area contributed by atoms with E-state index in [9.17, 15) is 4.79 Å². The number of thiol groups is 1. The van der Waals surface area contributed by atoms with Crippen LogP contribution in [0.25, 0.3) is 0 Å². The zero-order valence-corrected chi connectivity index (χ0v) is 6.36. The summed E-state index contributed by atoms with van der Waals surface area (Å²) in [7, 11) is 0. The maximum atomic E-state index is 9.91. The van der Waals surface area contributed by atoms with Gasteiger partial charge < -0.3 is 10.2 Å².